The molecule has 0 saturated heterocycles. The normalized spacial score (nSPS) is 10.1. The molecule has 0 aliphatic carbocycles. The van der Waals surface area contributed by atoms with Crippen LogP contribution in [0, 0.1) is 6.92 Å². The number of benzene rings is 2. The second kappa shape index (κ2) is 6.39. The second-order valence-electron chi connectivity index (χ2n) is 4.50. The van der Waals surface area contributed by atoms with Crippen LogP contribution >= 0.6 is 0 Å². The lowest BCUT2D eigenvalue weighted by atomic mass is 9.97. The van der Waals surface area contributed by atoms with Crippen molar-refractivity contribution in [2.24, 2.45) is 0 Å². The Morgan fingerprint density at radius 3 is 1.57 bits per heavy atom. The Kier molecular flexibility index (Phi) is 4.58. The Morgan fingerprint density at radius 2 is 1.10 bits per heavy atom. The number of rotatable bonds is 5. The molecule has 0 saturated carbocycles. The van der Waals surface area contributed by atoms with Crippen LogP contribution in [0.2, 0.25) is 0 Å². The lowest BCUT2D eigenvalue weighted by molar-refractivity contribution is 0.305. The van der Waals surface area contributed by atoms with Gasteiger partial charge in [0, 0.05) is 11.1 Å². The summed E-state index contributed by atoms with van der Waals surface area (Å²) in [6.07, 6.45) is 0. The largest absolute Gasteiger partial charge is 0.492 e. The van der Waals surface area contributed by atoms with Crippen molar-refractivity contribution in [3.63, 3.8) is 0 Å². The summed E-state index contributed by atoms with van der Waals surface area (Å²) in [4.78, 5) is 0. The molecule has 0 amide bonds. The lowest BCUT2D eigenvalue weighted by Gasteiger charge is -2.21. The third-order valence-electron chi connectivity index (χ3n) is 3.44. The van der Waals surface area contributed by atoms with E-state index in [0.717, 1.165) is 16.7 Å². The van der Waals surface area contributed by atoms with Crippen molar-refractivity contribution in [1.29, 1.82) is 0 Å². The minimum absolute atomic E-state index is 0.529. The maximum absolute atomic E-state index is 5.58. The standard InChI is InChI=1S/C17H20O4/c1-11-13(12-9-7-6-8-10-12)15(19-3)17(21-5)16(20-4)14(11)18-2/h6-10H,1-5H3. The van der Waals surface area contributed by atoms with Gasteiger partial charge in [0.25, 0.3) is 0 Å². The highest BCUT2D eigenvalue weighted by molar-refractivity contribution is 5.83. The van der Waals surface area contributed by atoms with Crippen LogP contribution in [0.4, 0.5) is 0 Å². The highest BCUT2D eigenvalue weighted by Crippen LogP contribution is 2.52. The van der Waals surface area contributed by atoms with Gasteiger partial charge >= 0.3 is 0 Å². The zero-order valence-electron chi connectivity index (χ0n) is 13.0. The topological polar surface area (TPSA) is 36.9 Å². The summed E-state index contributed by atoms with van der Waals surface area (Å²) in [7, 11) is 6.41. The van der Waals surface area contributed by atoms with Crippen molar-refractivity contribution in [2.45, 2.75) is 6.92 Å². The molecule has 0 atom stereocenters. The lowest BCUT2D eigenvalue weighted by Crippen LogP contribution is -2.02. The first-order valence-corrected chi connectivity index (χ1v) is 6.61. The molecule has 0 N–H and O–H groups in total. The molecule has 0 spiro atoms. The molecule has 2 aromatic carbocycles. The van der Waals surface area contributed by atoms with Crippen molar-refractivity contribution in [2.75, 3.05) is 28.4 Å². The Morgan fingerprint density at radius 1 is 0.619 bits per heavy atom. The zero-order chi connectivity index (χ0) is 15.4. The molecular weight excluding hydrogens is 268 g/mol. The van der Waals surface area contributed by atoms with Gasteiger partial charge in [0.1, 0.15) is 0 Å². The van der Waals surface area contributed by atoms with E-state index in [-0.39, 0.29) is 0 Å². The molecule has 112 valence electrons. The van der Waals surface area contributed by atoms with E-state index in [9.17, 15) is 0 Å². The predicted molar refractivity (Wildman–Crippen MR) is 82.8 cm³/mol. The molecular formula is C17H20O4. The molecule has 4 nitrogen and oxygen atoms in total. The van der Waals surface area contributed by atoms with E-state index in [1.165, 1.54) is 0 Å². The Bertz CT molecular complexity index is 621. The Labute approximate surface area is 125 Å². The van der Waals surface area contributed by atoms with Gasteiger partial charge in [0.05, 0.1) is 28.4 Å². The average molecular weight is 288 g/mol. The quantitative estimate of drug-likeness (QED) is 0.840. The highest BCUT2D eigenvalue weighted by atomic mass is 16.5. The molecule has 0 aliphatic heterocycles. The van der Waals surface area contributed by atoms with Gasteiger partial charge in [0.2, 0.25) is 11.5 Å². The van der Waals surface area contributed by atoms with E-state index in [2.05, 4.69) is 0 Å². The van der Waals surface area contributed by atoms with E-state index in [0.29, 0.717) is 23.0 Å². The molecule has 0 fully saturated rings. The Hall–Kier alpha value is -2.36. The van der Waals surface area contributed by atoms with Crippen LogP contribution in [0.3, 0.4) is 0 Å². The van der Waals surface area contributed by atoms with Crippen molar-refractivity contribution >= 4 is 0 Å². The second-order valence-corrected chi connectivity index (χ2v) is 4.50. The van der Waals surface area contributed by atoms with Gasteiger partial charge in [-0.15, -0.1) is 0 Å². The maximum atomic E-state index is 5.58. The van der Waals surface area contributed by atoms with Crippen LogP contribution in [0.1, 0.15) is 5.56 Å². The minimum Gasteiger partial charge on any atom is -0.492 e. The Balaban J connectivity index is 2.86. The molecule has 0 radical (unpaired) electrons. The minimum atomic E-state index is 0.529. The fourth-order valence-corrected chi connectivity index (χ4v) is 2.54. The van der Waals surface area contributed by atoms with Gasteiger partial charge in [-0.3, -0.25) is 0 Å². The summed E-state index contributed by atoms with van der Waals surface area (Å²) < 4.78 is 22.0. The number of hydrogen-bond acceptors (Lipinski definition) is 4. The van der Waals surface area contributed by atoms with Gasteiger partial charge in [0.15, 0.2) is 11.5 Å². The van der Waals surface area contributed by atoms with E-state index < -0.39 is 0 Å². The van der Waals surface area contributed by atoms with Crippen LogP contribution in [-0.2, 0) is 0 Å². The van der Waals surface area contributed by atoms with Gasteiger partial charge in [-0.25, -0.2) is 0 Å². The first kappa shape index (κ1) is 15.0. The SMILES string of the molecule is COc1c(C)c(-c2ccccc2)c(OC)c(OC)c1OC. The van der Waals surface area contributed by atoms with Crippen LogP contribution < -0.4 is 18.9 Å². The van der Waals surface area contributed by atoms with Crippen LogP contribution in [0.25, 0.3) is 11.1 Å². The maximum Gasteiger partial charge on any atom is 0.207 e. The van der Waals surface area contributed by atoms with Crippen LogP contribution in [0.15, 0.2) is 30.3 Å². The van der Waals surface area contributed by atoms with Gasteiger partial charge < -0.3 is 18.9 Å². The number of methoxy groups -OCH3 is 4. The fraction of sp³-hybridized carbons (Fsp3) is 0.294. The molecule has 2 rings (SSSR count). The first-order chi connectivity index (χ1) is 10.2. The van der Waals surface area contributed by atoms with E-state index in [1.807, 2.05) is 37.3 Å². The molecule has 21 heavy (non-hydrogen) atoms. The van der Waals surface area contributed by atoms with Crippen molar-refractivity contribution in [3.05, 3.63) is 35.9 Å². The summed E-state index contributed by atoms with van der Waals surface area (Å²) in [6.45, 7) is 1.98. The van der Waals surface area contributed by atoms with Gasteiger partial charge in [-0.1, -0.05) is 30.3 Å². The molecule has 0 aliphatic rings. The van der Waals surface area contributed by atoms with Gasteiger partial charge in [-0.05, 0) is 12.5 Å². The molecule has 0 unspecified atom stereocenters. The third-order valence-corrected chi connectivity index (χ3v) is 3.44. The molecule has 2 aromatic rings. The highest BCUT2D eigenvalue weighted by Gasteiger charge is 2.25. The molecule has 0 aromatic heterocycles. The smallest absolute Gasteiger partial charge is 0.207 e. The summed E-state index contributed by atoms with van der Waals surface area (Å²) in [5, 5.41) is 0. The number of ether oxygens (including phenoxy) is 4. The summed E-state index contributed by atoms with van der Waals surface area (Å²) in [5.41, 5.74) is 2.91. The summed E-state index contributed by atoms with van der Waals surface area (Å²) in [6, 6.07) is 9.99. The summed E-state index contributed by atoms with van der Waals surface area (Å²) in [5.74, 6) is 2.35. The fourth-order valence-electron chi connectivity index (χ4n) is 2.54. The summed E-state index contributed by atoms with van der Waals surface area (Å²) >= 11 is 0. The van der Waals surface area contributed by atoms with Crippen molar-refractivity contribution < 1.29 is 18.9 Å². The molecule has 4 heteroatoms. The monoisotopic (exact) mass is 288 g/mol. The van der Waals surface area contributed by atoms with Crippen LogP contribution in [-0.4, -0.2) is 28.4 Å². The van der Waals surface area contributed by atoms with Crippen molar-refractivity contribution in [3.8, 4) is 34.1 Å². The molecule has 0 bridgehead atoms. The zero-order valence-corrected chi connectivity index (χ0v) is 13.0. The van der Waals surface area contributed by atoms with E-state index in [4.69, 9.17) is 18.9 Å². The first-order valence-electron chi connectivity index (χ1n) is 6.61. The number of hydrogen-bond donors (Lipinski definition) is 0. The van der Waals surface area contributed by atoms with Gasteiger partial charge in [-0.2, -0.15) is 0 Å². The van der Waals surface area contributed by atoms with E-state index in [1.54, 1.807) is 28.4 Å². The average Bonchev–Trinajstić information content (AvgIpc) is 2.54. The molecule has 0 heterocycles. The predicted octanol–water partition coefficient (Wildman–Crippen LogP) is 3.70. The van der Waals surface area contributed by atoms with Crippen molar-refractivity contribution in [1.82, 2.24) is 0 Å². The van der Waals surface area contributed by atoms with Crippen LogP contribution in [0.5, 0.6) is 23.0 Å². The van der Waals surface area contributed by atoms with E-state index >= 15 is 0 Å². The third kappa shape index (κ3) is 2.49.